The van der Waals surface area contributed by atoms with Gasteiger partial charge in [-0.1, -0.05) is 29.9 Å². The summed E-state index contributed by atoms with van der Waals surface area (Å²) in [6.07, 6.45) is 7.79. The minimum Gasteiger partial charge on any atom is -0.481 e. The number of carboxylic acid groups (broad SMARTS) is 1. The van der Waals surface area contributed by atoms with Crippen molar-refractivity contribution >= 4 is 58.7 Å². The van der Waals surface area contributed by atoms with Gasteiger partial charge in [0.25, 0.3) is 0 Å². The third kappa shape index (κ3) is 2.64. The van der Waals surface area contributed by atoms with Crippen LogP contribution in [0.4, 0.5) is 0 Å². The molecule has 2 aromatic heterocycles. The molecule has 8 heterocycles. The molecular formula is C36H36N4O6+2. The summed E-state index contributed by atoms with van der Waals surface area (Å²) >= 11 is 0. The summed E-state index contributed by atoms with van der Waals surface area (Å²) in [5.41, 5.74) is 9.45. The molecule has 7 aliphatic rings. The van der Waals surface area contributed by atoms with Crippen molar-refractivity contribution in [3.63, 3.8) is 0 Å². The summed E-state index contributed by atoms with van der Waals surface area (Å²) in [7, 11) is 1.31. The number of carbonyl (C=O) groups excluding carboxylic acids is 3. The number of carboxylic acids is 1. The number of aliphatic carboxylic acids is 1. The zero-order valence-electron chi connectivity index (χ0n) is 27.0. The Morgan fingerprint density at radius 3 is 2.30 bits per heavy atom. The third-order valence-corrected chi connectivity index (χ3v) is 12.1. The maximum atomic E-state index is 14.5. The van der Waals surface area contributed by atoms with Gasteiger partial charge in [0.1, 0.15) is 0 Å². The van der Waals surface area contributed by atoms with Gasteiger partial charge >= 0.3 is 17.8 Å². The van der Waals surface area contributed by atoms with Crippen molar-refractivity contribution in [3.8, 4) is 0 Å². The van der Waals surface area contributed by atoms with E-state index in [2.05, 4.69) is 57.3 Å². The lowest BCUT2D eigenvalue weighted by Gasteiger charge is -2.39. The first-order valence-electron chi connectivity index (χ1n) is 16.3. The second-order valence-electron chi connectivity index (χ2n) is 14.0. The van der Waals surface area contributed by atoms with Crippen LogP contribution in [0.2, 0.25) is 0 Å². The van der Waals surface area contributed by atoms with E-state index in [-0.39, 0.29) is 41.7 Å². The van der Waals surface area contributed by atoms with Crippen LogP contribution in [0.15, 0.2) is 11.4 Å². The minimum absolute atomic E-state index is 0.00588. The van der Waals surface area contributed by atoms with Gasteiger partial charge in [-0.25, -0.2) is 0 Å². The van der Waals surface area contributed by atoms with Crippen molar-refractivity contribution in [1.29, 1.82) is 0 Å². The topological polar surface area (TPSA) is 114 Å². The van der Waals surface area contributed by atoms with Crippen LogP contribution in [0.5, 0.6) is 0 Å². The Kier molecular flexibility index (Phi) is 5.06. The number of hydrogen-bond acceptors (Lipinski definition) is 5. The molecule has 0 fully saturated rings. The number of ether oxygens (including phenoxy) is 1. The predicted molar refractivity (Wildman–Crippen MR) is 168 cm³/mol. The average Bonchev–Trinajstić information content (AvgIpc) is 3.74. The highest BCUT2D eigenvalue weighted by atomic mass is 16.5. The molecule has 2 aromatic rings. The van der Waals surface area contributed by atoms with E-state index in [1.54, 1.807) is 6.92 Å². The Morgan fingerprint density at radius 1 is 0.978 bits per heavy atom. The van der Waals surface area contributed by atoms with E-state index < -0.39 is 23.8 Å². The Hall–Kier alpha value is -4.60. The van der Waals surface area contributed by atoms with Crippen LogP contribution in [-0.2, 0) is 20.2 Å². The van der Waals surface area contributed by atoms with Gasteiger partial charge in [-0.3, -0.25) is 19.2 Å². The molecule has 10 heteroatoms. The zero-order chi connectivity index (χ0) is 32.5. The van der Waals surface area contributed by atoms with Crippen LogP contribution in [0, 0.1) is 43.4 Å². The fourth-order valence-corrected chi connectivity index (χ4v) is 10.3. The van der Waals surface area contributed by atoms with Crippen LogP contribution in [-0.4, -0.2) is 65.4 Å². The van der Waals surface area contributed by atoms with E-state index in [4.69, 9.17) is 4.74 Å². The summed E-state index contributed by atoms with van der Waals surface area (Å²) < 4.78 is 14.6. The number of ketones is 2. The first kappa shape index (κ1) is 27.7. The van der Waals surface area contributed by atoms with Crippen molar-refractivity contribution in [2.75, 3.05) is 7.11 Å². The molecule has 10 nitrogen and oxygen atoms in total. The molecule has 0 bridgehead atoms. The molecule has 0 radical (unpaired) electrons. The Labute approximate surface area is 265 Å². The molecule has 6 atom stereocenters. The molecule has 1 N–H and O–H groups in total. The maximum Gasteiger partial charge on any atom is 0.552 e. The molecule has 1 aliphatic carbocycles. The van der Waals surface area contributed by atoms with Gasteiger partial charge < -0.3 is 9.84 Å². The fraction of sp³-hybridized carbons (Fsp3) is 0.444. The van der Waals surface area contributed by atoms with E-state index >= 15 is 0 Å². The predicted octanol–water partition coefficient (Wildman–Crippen LogP) is 2.59. The molecular weight excluding hydrogens is 584 g/mol. The second kappa shape index (κ2) is 8.40. The fourth-order valence-electron chi connectivity index (χ4n) is 10.3. The molecule has 0 saturated heterocycles. The van der Waals surface area contributed by atoms with Crippen molar-refractivity contribution in [3.05, 3.63) is 55.7 Å². The van der Waals surface area contributed by atoms with E-state index in [0.29, 0.717) is 28.5 Å². The summed E-state index contributed by atoms with van der Waals surface area (Å²) in [6, 6.07) is 0. The number of aromatic nitrogens is 2. The Balaban J connectivity index is 1.56. The van der Waals surface area contributed by atoms with Gasteiger partial charge in [-0.2, -0.15) is 9.13 Å². The number of esters is 1. The van der Waals surface area contributed by atoms with E-state index in [1.165, 1.54) is 12.8 Å². The highest BCUT2D eigenvalue weighted by Gasteiger charge is 2.77. The van der Waals surface area contributed by atoms with Crippen LogP contribution < -0.4 is 10.7 Å². The number of nitrogens with zero attached hydrogens (tertiary/aromatic N) is 4. The SMILES string of the molecule is CC[C@H]1C2=[N+]3C(=Cc4c(C(C)=O)c(C)c5n4[C@]34n3c(c(C)c6c3=C(C3=[N+]4C(=C5)[C@@H](C)C3CCC(=O)O)[C@@H](C(=O)OC)C6=O)=C2)[C@@H]1C. The van der Waals surface area contributed by atoms with Crippen molar-refractivity contribution in [2.45, 2.75) is 66.7 Å². The van der Waals surface area contributed by atoms with E-state index in [9.17, 15) is 24.3 Å². The number of methoxy groups -OCH3 is 1. The van der Waals surface area contributed by atoms with Crippen molar-refractivity contribution in [1.82, 2.24) is 9.13 Å². The molecule has 0 amide bonds. The number of rotatable bonds is 6. The van der Waals surface area contributed by atoms with Crippen LogP contribution in [0.1, 0.15) is 90.2 Å². The first-order valence-corrected chi connectivity index (χ1v) is 16.3. The third-order valence-electron chi connectivity index (χ3n) is 12.1. The van der Waals surface area contributed by atoms with E-state index in [0.717, 1.165) is 51.4 Å². The average molecular weight is 621 g/mol. The van der Waals surface area contributed by atoms with Gasteiger partial charge in [0, 0.05) is 35.8 Å². The van der Waals surface area contributed by atoms with Gasteiger partial charge in [-0.05, 0) is 44.7 Å². The Morgan fingerprint density at radius 2 is 1.65 bits per heavy atom. The van der Waals surface area contributed by atoms with Crippen molar-refractivity contribution in [2.24, 2.45) is 29.6 Å². The number of hydrogen-bond donors (Lipinski definition) is 1. The monoisotopic (exact) mass is 620 g/mol. The lowest BCUT2D eigenvalue weighted by molar-refractivity contribution is -0.837. The smallest absolute Gasteiger partial charge is 0.481 e. The highest BCUT2D eigenvalue weighted by Crippen LogP contribution is 2.55. The number of fused-ring (bicyclic) bond motifs is 1. The van der Waals surface area contributed by atoms with Crippen LogP contribution >= 0.6 is 0 Å². The van der Waals surface area contributed by atoms with Crippen LogP contribution in [0.3, 0.4) is 0 Å². The largest absolute Gasteiger partial charge is 0.552 e. The molecule has 0 aromatic carbocycles. The van der Waals surface area contributed by atoms with Gasteiger partial charge in [0.05, 0.1) is 58.4 Å². The molecule has 46 heavy (non-hydrogen) atoms. The summed E-state index contributed by atoms with van der Waals surface area (Å²) in [5, 5.41) is 11.5. The molecule has 0 saturated carbocycles. The quantitative estimate of drug-likeness (QED) is 0.230. The normalized spacial score (nSPS) is 29.9. The minimum atomic E-state index is -1.14. The first-order chi connectivity index (χ1) is 21.9. The standard InChI is InChI=1S/C36H35N4O6/c1-8-19-14(2)21-13-26-28(18(6)41)16(4)23-11-22-15(3)20(9-10-27(42)43)32-30-31(35(45)46-7)34(44)29-17(5)24-12-25(19)37(21)36(38(23)26,39(22)32)40(24)33(29)30/h11-15,19-20,31H,8-10H2,1-7H3/q+1/p+1/t14-,15+,19-,20?,31-,36-/m1/s1. The molecule has 9 rings (SSSR count). The zero-order valence-corrected chi connectivity index (χ0v) is 27.0. The summed E-state index contributed by atoms with van der Waals surface area (Å²) in [5.74, 6) is -4.01. The lowest BCUT2D eigenvalue weighted by atomic mass is 9.81. The maximum absolute atomic E-state index is 14.5. The van der Waals surface area contributed by atoms with Gasteiger partial charge in [0.15, 0.2) is 34.6 Å². The lowest BCUT2D eigenvalue weighted by Crippen LogP contribution is -2.70. The summed E-state index contributed by atoms with van der Waals surface area (Å²) in [4.78, 5) is 53.5. The Bertz CT molecular complexity index is 2250. The van der Waals surface area contributed by atoms with Gasteiger partial charge in [-0.15, -0.1) is 0 Å². The summed E-state index contributed by atoms with van der Waals surface area (Å²) in [6.45, 7) is 12.2. The molecule has 234 valence electrons. The van der Waals surface area contributed by atoms with Gasteiger partial charge in [0.2, 0.25) is 5.71 Å². The number of allylic oxidation sites excluding steroid dienone is 2. The van der Waals surface area contributed by atoms with Crippen molar-refractivity contribution < 1.29 is 38.2 Å². The van der Waals surface area contributed by atoms with Crippen LogP contribution in [0.25, 0.3) is 23.8 Å². The second-order valence-corrected chi connectivity index (χ2v) is 14.0. The molecule has 1 spiro atoms. The van der Waals surface area contributed by atoms with E-state index in [1.807, 2.05) is 13.8 Å². The number of carbonyl (C=O) groups is 4. The molecule has 6 aliphatic heterocycles. The highest BCUT2D eigenvalue weighted by molar-refractivity contribution is 6.34. The number of Topliss-reactive ketones (excluding diaryl/α,β-unsaturated/α-hetero) is 2. The molecule has 1 unspecified atom stereocenters.